The molecule has 0 N–H and O–H groups in total. The van der Waals surface area contributed by atoms with Gasteiger partial charge in [-0.1, -0.05) is 0 Å². The van der Waals surface area contributed by atoms with Crippen molar-refractivity contribution in [3.63, 3.8) is 0 Å². The molecule has 0 fully saturated rings. The first kappa shape index (κ1) is 32.3. The van der Waals surface area contributed by atoms with Crippen LogP contribution < -0.4 is 19.5 Å². The molecule has 0 saturated heterocycles. The van der Waals surface area contributed by atoms with Crippen LogP contribution in [0, 0.1) is 0 Å². The van der Waals surface area contributed by atoms with Crippen LogP contribution in [0.3, 0.4) is 0 Å². The third-order valence-electron chi connectivity index (χ3n) is 6.43. The van der Waals surface area contributed by atoms with Crippen molar-refractivity contribution in [1.82, 2.24) is 0 Å². The maximum absolute atomic E-state index is 2.40. The van der Waals surface area contributed by atoms with E-state index in [1.54, 1.807) is 0 Å². The van der Waals surface area contributed by atoms with E-state index in [4.69, 9.17) is 0 Å². The Kier molecular flexibility index (Phi) is 12.7. The van der Waals surface area contributed by atoms with E-state index in [0.29, 0.717) is 34.2 Å². The zero-order valence-electron chi connectivity index (χ0n) is 23.9. The van der Waals surface area contributed by atoms with E-state index >= 15 is 0 Å². The summed E-state index contributed by atoms with van der Waals surface area (Å²) in [5, 5.41) is 3.19. The van der Waals surface area contributed by atoms with E-state index in [1.807, 2.05) is 0 Å². The van der Waals surface area contributed by atoms with Gasteiger partial charge < -0.3 is 0 Å². The van der Waals surface area contributed by atoms with Gasteiger partial charge in [-0.3, -0.25) is 0 Å². The van der Waals surface area contributed by atoms with Crippen molar-refractivity contribution in [1.29, 1.82) is 0 Å². The second-order valence-corrected chi connectivity index (χ2v) is 33.8. The molecule has 0 aliphatic carbocycles. The molecule has 1 unspecified atom stereocenters. The van der Waals surface area contributed by atoms with Gasteiger partial charge >= 0.3 is 288 Å². The standard InChI is InChI=1S/C37H31P3S2Se2/c1-7-19-31(20-8-1)38(32-21-9-2-10-22-32)37(39(41-33-23-11-3-12-24-33)42-34-25-13-4-14-26-34)40(43-35-27-15-5-16-28-35)44-36-29-17-6-18-30-36/h1-30,37H. The number of benzene rings is 6. The van der Waals surface area contributed by atoms with Gasteiger partial charge in [0.1, 0.15) is 0 Å². The van der Waals surface area contributed by atoms with E-state index in [-0.39, 0.29) is 5.30 Å². The quantitative estimate of drug-likeness (QED) is 0.0845. The Hall–Kier alpha value is -1.65. The zero-order chi connectivity index (χ0) is 29.8. The molecule has 0 spiro atoms. The van der Waals surface area contributed by atoms with Crippen molar-refractivity contribution in [2.45, 2.75) is 14.9 Å². The molecular formula is C37H31P3S2Se2. The van der Waals surface area contributed by atoms with E-state index in [0.717, 1.165) is 0 Å². The van der Waals surface area contributed by atoms with Gasteiger partial charge in [-0.05, 0) is 0 Å². The molecule has 0 saturated carbocycles. The second-order valence-electron chi connectivity index (χ2n) is 9.58. The molecule has 0 bridgehead atoms. The maximum atomic E-state index is 2.40. The molecule has 6 aromatic rings. The van der Waals surface area contributed by atoms with Crippen molar-refractivity contribution in [2.24, 2.45) is 0 Å². The summed E-state index contributed by atoms with van der Waals surface area (Å²) >= 11 is 5.02. The summed E-state index contributed by atoms with van der Waals surface area (Å²) < 4.78 is 3.05. The summed E-state index contributed by atoms with van der Waals surface area (Å²) in [6, 6.07) is 67.9. The Morgan fingerprint density at radius 3 is 1.07 bits per heavy atom. The van der Waals surface area contributed by atoms with Crippen molar-refractivity contribution in [3.05, 3.63) is 182 Å². The number of hydrogen-bond acceptors (Lipinski definition) is 2. The predicted octanol–water partition coefficient (Wildman–Crippen LogP) is 9.67. The molecule has 1 atom stereocenters. The van der Waals surface area contributed by atoms with Crippen LogP contribution in [-0.4, -0.2) is 34.2 Å². The second kappa shape index (κ2) is 17.3. The van der Waals surface area contributed by atoms with Crippen molar-refractivity contribution in [3.8, 4) is 0 Å². The molecule has 6 aromatic carbocycles. The molecule has 44 heavy (non-hydrogen) atoms. The van der Waals surface area contributed by atoms with E-state index in [2.05, 4.69) is 205 Å². The van der Waals surface area contributed by atoms with Crippen LogP contribution in [0.5, 0.6) is 0 Å². The first-order valence-corrected chi connectivity index (χ1v) is 27.5. The van der Waals surface area contributed by atoms with Crippen LogP contribution >= 0.6 is 42.3 Å². The fraction of sp³-hybridized carbons (Fsp3) is 0.0270. The van der Waals surface area contributed by atoms with Crippen LogP contribution in [0.4, 0.5) is 0 Å². The van der Waals surface area contributed by atoms with E-state index in [9.17, 15) is 0 Å². The van der Waals surface area contributed by atoms with Gasteiger partial charge in [-0.25, -0.2) is 0 Å². The molecule has 0 aliphatic rings. The van der Waals surface area contributed by atoms with Crippen LogP contribution in [0.1, 0.15) is 0 Å². The average molecular weight is 791 g/mol. The van der Waals surface area contributed by atoms with Gasteiger partial charge in [0, 0.05) is 0 Å². The minimum atomic E-state index is -0.631. The average Bonchev–Trinajstić information content (AvgIpc) is 3.09. The van der Waals surface area contributed by atoms with Gasteiger partial charge in [0.15, 0.2) is 0 Å². The summed E-state index contributed by atoms with van der Waals surface area (Å²) in [4.78, 5) is 2.75. The summed E-state index contributed by atoms with van der Waals surface area (Å²) in [6.07, 6.45) is -0.573. The van der Waals surface area contributed by atoms with Crippen LogP contribution in [0.15, 0.2) is 192 Å². The van der Waals surface area contributed by atoms with E-state index in [1.165, 1.54) is 29.3 Å². The molecule has 0 heterocycles. The van der Waals surface area contributed by atoms with Crippen molar-refractivity contribution >= 4 is 90.9 Å². The third-order valence-corrected chi connectivity index (χ3v) is 40.3. The predicted molar refractivity (Wildman–Crippen MR) is 205 cm³/mol. The molecule has 0 aromatic heterocycles. The molecule has 0 amide bonds. The molecule has 0 nitrogen and oxygen atoms in total. The SMILES string of the molecule is c1ccc(SP(Sc2ccccc2)C(P([Se]c2ccccc2)[Se]c2ccccc2)P(c2ccccc2)c2ccccc2)cc1. The third kappa shape index (κ3) is 9.21. The van der Waals surface area contributed by atoms with Crippen LogP contribution in [0.2, 0.25) is 0 Å². The zero-order valence-corrected chi connectivity index (χ0v) is 31.6. The topological polar surface area (TPSA) is 0 Å². The number of rotatable bonds is 13. The van der Waals surface area contributed by atoms with Gasteiger partial charge in [-0.15, -0.1) is 0 Å². The van der Waals surface area contributed by atoms with Gasteiger partial charge in [0.2, 0.25) is 0 Å². The summed E-state index contributed by atoms with van der Waals surface area (Å²) in [7, 11) is -0.631. The van der Waals surface area contributed by atoms with Crippen molar-refractivity contribution < 1.29 is 0 Å². The molecule has 0 aliphatic heterocycles. The Morgan fingerprint density at radius 1 is 0.386 bits per heavy atom. The molecule has 7 heteroatoms. The molecule has 0 radical (unpaired) electrons. The minimum absolute atomic E-state index is 0.354. The Balaban J connectivity index is 1.55. The fourth-order valence-electron chi connectivity index (χ4n) is 4.43. The van der Waals surface area contributed by atoms with E-state index < -0.39 is 14.2 Å². The summed E-state index contributed by atoms with van der Waals surface area (Å²) in [6.45, 7) is 0. The molecular weight excluding hydrogens is 759 g/mol. The van der Waals surface area contributed by atoms with Crippen LogP contribution in [-0.2, 0) is 0 Å². The monoisotopic (exact) mass is 792 g/mol. The summed E-state index contributed by atoms with van der Waals surface area (Å²) in [5.74, 6) is 0. The number of hydrogen-bond donors (Lipinski definition) is 0. The normalized spacial score (nSPS) is 12.1. The first-order valence-electron chi connectivity index (χ1n) is 14.2. The van der Waals surface area contributed by atoms with Gasteiger partial charge in [0.25, 0.3) is 0 Å². The van der Waals surface area contributed by atoms with Crippen LogP contribution in [0.25, 0.3) is 0 Å². The van der Waals surface area contributed by atoms with Gasteiger partial charge in [-0.2, -0.15) is 0 Å². The Morgan fingerprint density at radius 2 is 0.705 bits per heavy atom. The Labute approximate surface area is 285 Å². The molecule has 218 valence electrons. The van der Waals surface area contributed by atoms with Crippen molar-refractivity contribution in [2.75, 3.05) is 0 Å². The summed E-state index contributed by atoms with van der Waals surface area (Å²) in [5.41, 5.74) is 0. The fourth-order valence-corrected chi connectivity index (χ4v) is 49.7. The Bertz CT molecular complexity index is 1460. The molecule has 6 rings (SSSR count). The first-order chi connectivity index (χ1) is 21.8. The van der Waals surface area contributed by atoms with Gasteiger partial charge in [0.05, 0.1) is 0 Å².